The summed E-state index contributed by atoms with van der Waals surface area (Å²) in [5, 5.41) is 11.1. The first-order valence-corrected chi connectivity index (χ1v) is 17.5. The van der Waals surface area contributed by atoms with E-state index in [1.165, 1.54) is 39.0 Å². The Morgan fingerprint density at radius 2 is 1.04 bits per heavy atom. The summed E-state index contributed by atoms with van der Waals surface area (Å²) in [6, 6.07) is 52.7. The molecule has 1 aliphatic rings. The quantitative estimate of drug-likeness (QED) is 0.102. The van der Waals surface area contributed by atoms with Crippen molar-refractivity contribution >= 4 is 0 Å². The average Bonchev–Trinajstić information content (AvgIpc) is 3.16. The SMILES string of the molecule is CNCC(c1ccccc1)c1cccc(CNCC(C2=CC(CNCC(c3ccccc3)c3ccccc3)CC=C2)c2ccccc2)c1. The lowest BCUT2D eigenvalue weighted by atomic mass is 9.84. The fourth-order valence-corrected chi connectivity index (χ4v) is 7.07. The van der Waals surface area contributed by atoms with Crippen LogP contribution in [0.15, 0.2) is 169 Å². The van der Waals surface area contributed by atoms with Gasteiger partial charge in [0.2, 0.25) is 0 Å². The minimum atomic E-state index is 0.288. The summed E-state index contributed by atoms with van der Waals surface area (Å²) in [7, 11) is 2.03. The Morgan fingerprint density at radius 3 is 1.60 bits per heavy atom. The fourth-order valence-electron chi connectivity index (χ4n) is 7.07. The van der Waals surface area contributed by atoms with E-state index in [1.54, 1.807) is 0 Å². The molecular weight excluding hydrogens is 583 g/mol. The third-order valence-electron chi connectivity index (χ3n) is 9.58. The van der Waals surface area contributed by atoms with Crippen LogP contribution in [0.2, 0.25) is 0 Å². The Kier molecular flexibility index (Phi) is 12.2. The molecule has 244 valence electrons. The van der Waals surface area contributed by atoms with E-state index >= 15 is 0 Å². The van der Waals surface area contributed by atoms with Crippen molar-refractivity contribution in [2.24, 2.45) is 5.92 Å². The van der Waals surface area contributed by atoms with Crippen LogP contribution in [-0.4, -0.2) is 33.2 Å². The topological polar surface area (TPSA) is 36.1 Å². The lowest BCUT2D eigenvalue weighted by molar-refractivity contribution is 0.535. The van der Waals surface area contributed by atoms with Crippen molar-refractivity contribution in [2.45, 2.75) is 30.7 Å². The van der Waals surface area contributed by atoms with Crippen molar-refractivity contribution in [3.8, 4) is 0 Å². The summed E-state index contributed by atoms with van der Waals surface area (Å²) < 4.78 is 0. The Hall–Kier alpha value is -4.54. The second kappa shape index (κ2) is 17.6. The van der Waals surface area contributed by atoms with Gasteiger partial charge >= 0.3 is 0 Å². The van der Waals surface area contributed by atoms with Gasteiger partial charge in [-0.1, -0.05) is 164 Å². The summed E-state index contributed by atoms with van der Waals surface area (Å²) >= 11 is 0. The Bertz CT molecular complexity index is 1670. The highest BCUT2D eigenvalue weighted by Crippen LogP contribution is 2.31. The zero-order chi connectivity index (χ0) is 32.8. The van der Waals surface area contributed by atoms with Crippen LogP contribution in [0.5, 0.6) is 0 Å². The molecule has 5 aromatic carbocycles. The van der Waals surface area contributed by atoms with E-state index < -0.39 is 0 Å². The predicted octanol–water partition coefficient (Wildman–Crippen LogP) is 8.84. The molecule has 48 heavy (non-hydrogen) atoms. The van der Waals surface area contributed by atoms with Crippen LogP contribution in [0.3, 0.4) is 0 Å². The van der Waals surface area contributed by atoms with Crippen molar-refractivity contribution in [1.82, 2.24) is 16.0 Å². The van der Waals surface area contributed by atoms with E-state index in [9.17, 15) is 0 Å². The normalized spacial score (nSPS) is 15.6. The first-order valence-electron chi connectivity index (χ1n) is 17.5. The lowest BCUT2D eigenvalue weighted by Crippen LogP contribution is -2.28. The minimum Gasteiger partial charge on any atom is -0.319 e. The number of benzene rings is 5. The highest BCUT2D eigenvalue weighted by atomic mass is 14.9. The molecular formula is C45H49N3. The van der Waals surface area contributed by atoms with E-state index in [2.05, 4.69) is 180 Å². The predicted molar refractivity (Wildman–Crippen MR) is 202 cm³/mol. The number of likely N-dealkylation sites (N-methyl/N-ethyl adjacent to an activating group) is 1. The smallest absolute Gasteiger partial charge is 0.0214 e. The third kappa shape index (κ3) is 9.08. The maximum Gasteiger partial charge on any atom is 0.0214 e. The second-order valence-corrected chi connectivity index (χ2v) is 13.0. The minimum absolute atomic E-state index is 0.288. The van der Waals surface area contributed by atoms with Gasteiger partial charge in [-0.25, -0.2) is 0 Å². The van der Waals surface area contributed by atoms with E-state index in [1.807, 2.05) is 7.05 Å². The fraction of sp³-hybridized carbons (Fsp3) is 0.244. The molecule has 3 heteroatoms. The first kappa shape index (κ1) is 33.4. The molecule has 0 saturated heterocycles. The van der Waals surface area contributed by atoms with E-state index in [0.717, 1.165) is 39.1 Å². The molecule has 0 aromatic heterocycles. The molecule has 3 N–H and O–H groups in total. The van der Waals surface area contributed by atoms with Gasteiger partial charge in [-0.15, -0.1) is 0 Å². The molecule has 0 fully saturated rings. The highest BCUT2D eigenvalue weighted by molar-refractivity contribution is 5.39. The molecule has 3 unspecified atom stereocenters. The molecule has 0 saturated carbocycles. The molecule has 5 aromatic rings. The summed E-state index contributed by atoms with van der Waals surface area (Å²) in [6.45, 7) is 4.50. The van der Waals surface area contributed by atoms with Crippen LogP contribution in [0.25, 0.3) is 0 Å². The summed E-state index contributed by atoms with van der Waals surface area (Å²) in [5.74, 6) is 1.40. The zero-order valence-corrected chi connectivity index (χ0v) is 28.1. The summed E-state index contributed by atoms with van der Waals surface area (Å²) in [4.78, 5) is 0. The van der Waals surface area contributed by atoms with Crippen molar-refractivity contribution in [3.05, 3.63) is 203 Å². The van der Waals surface area contributed by atoms with E-state index in [0.29, 0.717) is 17.8 Å². The third-order valence-corrected chi connectivity index (χ3v) is 9.58. The Morgan fingerprint density at radius 1 is 0.542 bits per heavy atom. The molecule has 0 bridgehead atoms. The standard InChI is InChI=1S/C45H49N3/c1-46-32-43(37-18-6-2-7-19-37)41-26-14-16-35(28-41)31-48-34-45(40-24-12-5-13-25-40)42-27-15-17-36(29-42)30-47-33-44(38-20-8-3-9-21-38)39-22-10-4-11-23-39/h2-16,18-29,36,43-48H,17,30-34H2,1H3. The van der Waals surface area contributed by atoms with Crippen LogP contribution in [0.4, 0.5) is 0 Å². The van der Waals surface area contributed by atoms with Crippen molar-refractivity contribution < 1.29 is 0 Å². The first-order chi connectivity index (χ1) is 23.8. The highest BCUT2D eigenvalue weighted by Gasteiger charge is 2.20. The molecule has 0 radical (unpaired) electrons. The largest absolute Gasteiger partial charge is 0.319 e. The summed E-state index contributed by atoms with van der Waals surface area (Å²) in [6.07, 6.45) is 8.32. The molecule has 6 rings (SSSR count). The van der Waals surface area contributed by atoms with Crippen LogP contribution < -0.4 is 16.0 Å². The maximum absolute atomic E-state index is 3.85. The van der Waals surface area contributed by atoms with Gasteiger partial charge < -0.3 is 16.0 Å². The molecule has 1 aliphatic carbocycles. The van der Waals surface area contributed by atoms with E-state index in [4.69, 9.17) is 0 Å². The Labute approximate surface area is 287 Å². The van der Waals surface area contributed by atoms with E-state index in [-0.39, 0.29) is 5.92 Å². The van der Waals surface area contributed by atoms with Crippen molar-refractivity contribution in [1.29, 1.82) is 0 Å². The number of rotatable bonds is 16. The van der Waals surface area contributed by atoms with Gasteiger partial charge in [0.1, 0.15) is 0 Å². The van der Waals surface area contributed by atoms with Gasteiger partial charge in [0.25, 0.3) is 0 Å². The van der Waals surface area contributed by atoms with Crippen molar-refractivity contribution in [2.75, 3.05) is 33.2 Å². The summed E-state index contributed by atoms with van der Waals surface area (Å²) in [5.41, 5.74) is 9.49. The molecule has 3 nitrogen and oxygen atoms in total. The van der Waals surface area contributed by atoms with Gasteiger partial charge in [-0.2, -0.15) is 0 Å². The van der Waals surface area contributed by atoms with Crippen molar-refractivity contribution in [3.63, 3.8) is 0 Å². The molecule has 3 atom stereocenters. The van der Waals surface area contributed by atoms with Gasteiger partial charge in [-0.3, -0.25) is 0 Å². The van der Waals surface area contributed by atoms with Crippen LogP contribution in [0, 0.1) is 5.92 Å². The lowest BCUT2D eigenvalue weighted by Gasteiger charge is -2.26. The maximum atomic E-state index is 3.85. The number of hydrogen-bond donors (Lipinski definition) is 3. The molecule has 0 amide bonds. The number of nitrogens with one attached hydrogen (secondary N) is 3. The molecule has 0 heterocycles. The van der Waals surface area contributed by atoms with Crippen LogP contribution in [0.1, 0.15) is 57.6 Å². The molecule has 0 aliphatic heterocycles. The van der Waals surface area contributed by atoms with Crippen LogP contribution >= 0.6 is 0 Å². The zero-order valence-electron chi connectivity index (χ0n) is 28.1. The van der Waals surface area contributed by atoms with Gasteiger partial charge in [-0.05, 0) is 58.3 Å². The Balaban J connectivity index is 1.12. The van der Waals surface area contributed by atoms with Gasteiger partial charge in [0.05, 0.1) is 0 Å². The van der Waals surface area contributed by atoms with Crippen LogP contribution in [-0.2, 0) is 6.54 Å². The van der Waals surface area contributed by atoms with Gasteiger partial charge in [0.15, 0.2) is 0 Å². The average molecular weight is 632 g/mol. The van der Waals surface area contributed by atoms with Gasteiger partial charge in [0, 0.05) is 50.5 Å². The number of hydrogen-bond acceptors (Lipinski definition) is 3. The monoisotopic (exact) mass is 631 g/mol. The number of allylic oxidation sites excluding steroid dienone is 2. The second-order valence-electron chi connectivity index (χ2n) is 13.0. The molecule has 0 spiro atoms.